The van der Waals surface area contributed by atoms with E-state index in [4.69, 9.17) is 0 Å². The van der Waals surface area contributed by atoms with Crippen molar-refractivity contribution in [3.05, 3.63) is 59.7 Å². The van der Waals surface area contributed by atoms with Gasteiger partial charge in [-0.3, -0.25) is 9.59 Å². The normalized spacial score (nSPS) is 16.2. The van der Waals surface area contributed by atoms with Crippen LogP contribution in [-0.2, 0) is 11.2 Å². The van der Waals surface area contributed by atoms with Crippen molar-refractivity contribution in [2.75, 3.05) is 11.9 Å². The molecule has 5 heteroatoms. The van der Waals surface area contributed by atoms with E-state index in [1.165, 1.54) is 17.3 Å². The summed E-state index contributed by atoms with van der Waals surface area (Å²) in [6.07, 6.45) is 1.83. The van der Waals surface area contributed by atoms with Crippen LogP contribution in [0.25, 0.3) is 0 Å². The van der Waals surface area contributed by atoms with Gasteiger partial charge in [-0.25, -0.2) is 0 Å². The molecule has 0 spiro atoms. The van der Waals surface area contributed by atoms with Crippen molar-refractivity contribution in [1.82, 2.24) is 5.32 Å². The van der Waals surface area contributed by atoms with Crippen LogP contribution in [0.2, 0.25) is 0 Å². The summed E-state index contributed by atoms with van der Waals surface area (Å²) in [6, 6.07) is 15.7. The molecule has 0 fully saturated rings. The lowest BCUT2D eigenvalue weighted by molar-refractivity contribution is -0.115. The Morgan fingerprint density at radius 1 is 1.21 bits per heavy atom. The molecule has 1 atom stereocenters. The molecule has 0 saturated carbocycles. The maximum Gasteiger partial charge on any atom is 0.251 e. The predicted octanol–water partition coefficient (Wildman–Crippen LogP) is 3.48. The lowest BCUT2D eigenvalue weighted by atomic mass is 10.1. The molecule has 1 heterocycles. The fourth-order valence-corrected chi connectivity index (χ4v) is 3.52. The van der Waals surface area contributed by atoms with Crippen LogP contribution >= 0.6 is 11.8 Å². The van der Waals surface area contributed by atoms with Gasteiger partial charge in [0.2, 0.25) is 5.91 Å². The van der Waals surface area contributed by atoms with Crippen LogP contribution in [0.15, 0.2) is 53.4 Å². The van der Waals surface area contributed by atoms with Crippen molar-refractivity contribution >= 4 is 29.3 Å². The summed E-state index contributed by atoms with van der Waals surface area (Å²) in [6.45, 7) is 2.50. The van der Waals surface area contributed by atoms with Gasteiger partial charge < -0.3 is 10.6 Å². The van der Waals surface area contributed by atoms with Crippen molar-refractivity contribution in [3.8, 4) is 0 Å². The summed E-state index contributed by atoms with van der Waals surface area (Å²) < 4.78 is 0. The number of fused-ring (bicyclic) bond motifs is 1. The van der Waals surface area contributed by atoms with E-state index in [1.54, 1.807) is 6.07 Å². The van der Waals surface area contributed by atoms with E-state index in [2.05, 4.69) is 22.8 Å². The zero-order chi connectivity index (χ0) is 16.9. The van der Waals surface area contributed by atoms with Crippen LogP contribution < -0.4 is 10.6 Å². The average molecular weight is 340 g/mol. The van der Waals surface area contributed by atoms with Gasteiger partial charge in [-0.2, -0.15) is 0 Å². The Kier molecular flexibility index (Phi) is 5.20. The summed E-state index contributed by atoms with van der Waals surface area (Å²) in [5, 5.41) is 5.69. The second-order valence-corrected chi connectivity index (χ2v) is 7.19. The van der Waals surface area contributed by atoms with Gasteiger partial charge in [0.05, 0.1) is 10.9 Å². The minimum absolute atomic E-state index is 0.0204. The number of amides is 2. The second kappa shape index (κ2) is 7.53. The molecular weight excluding hydrogens is 320 g/mol. The molecule has 0 saturated heterocycles. The molecule has 2 aromatic rings. The van der Waals surface area contributed by atoms with Crippen molar-refractivity contribution < 1.29 is 9.59 Å². The summed E-state index contributed by atoms with van der Waals surface area (Å²) in [4.78, 5) is 25.0. The monoisotopic (exact) mass is 340 g/mol. The van der Waals surface area contributed by atoms with Crippen molar-refractivity contribution in [1.29, 1.82) is 0 Å². The fraction of sp³-hybridized carbons (Fsp3) is 0.263. The Morgan fingerprint density at radius 3 is 2.79 bits per heavy atom. The first-order valence-electron chi connectivity index (χ1n) is 8.07. The average Bonchev–Trinajstić information content (AvgIpc) is 2.60. The van der Waals surface area contributed by atoms with Crippen LogP contribution in [-0.4, -0.2) is 23.6 Å². The SMILES string of the molecule is C[C@H]1Sc2ccc(C(=O)NCCCc3ccccc3)cc2NC1=O. The summed E-state index contributed by atoms with van der Waals surface area (Å²) in [5.41, 5.74) is 2.57. The van der Waals surface area contributed by atoms with Crippen LogP contribution in [0.5, 0.6) is 0 Å². The van der Waals surface area contributed by atoms with Crippen LogP contribution in [0.4, 0.5) is 5.69 Å². The highest BCUT2D eigenvalue weighted by atomic mass is 32.2. The number of hydrogen-bond acceptors (Lipinski definition) is 3. The molecule has 0 aliphatic carbocycles. The van der Waals surface area contributed by atoms with Gasteiger partial charge in [0.25, 0.3) is 5.91 Å². The largest absolute Gasteiger partial charge is 0.352 e. The lowest BCUT2D eigenvalue weighted by Crippen LogP contribution is -2.28. The number of carbonyl (C=O) groups excluding carboxylic acids is 2. The Hall–Kier alpha value is -2.27. The molecule has 3 rings (SSSR count). The van der Waals surface area contributed by atoms with Gasteiger partial charge >= 0.3 is 0 Å². The zero-order valence-electron chi connectivity index (χ0n) is 13.5. The second-order valence-electron chi connectivity index (χ2n) is 5.81. The van der Waals surface area contributed by atoms with E-state index in [1.807, 2.05) is 37.3 Å². The van der Waals surface area contributed by atoms with Gasteiger partial charge in [0, 0.05) is 17.0 Å². The Balaban J connectivity index is 1.54. The van der Waals surface area contributed by atoms with Crippen molar-refractivity contribution in [3.63, 3.8) is 0 Å². The van der Waals surface area contributed by atoms with Gasteiger partial charge in [-0.15, -0.1) is 11.8 Å². The molecule has 1 aliphatic rings. The van der Waals surface area contributed by atoms with Gasteiger partial charge in [-0.05, 0) is 43.5 Å². The summed E-state index contributed by atoms with van der Waals surface area (Å²) in [5.74, 6) is -0.128. The maximum absolute atomic E-state index is 12.3. The lowest BCUT2D eigenvalue weighted by Gasteiger charge is -2.21. The first-order valence-corrected chi connectivity index (χ1v) is 8.95. The molecule has 0 unspecified atom stereocenters. The Morgan fingerprint density at radius 2 is 2.00 bits per heavy atom. The molecule has 0 radical (unpaired) electrons. The minimum atomic E-state index is -0.108. The quantitative estimate of drug-likeness (QED) is 0.819. The Labute approximate surface area is 146 Å². The van der Waals surface area contributed by atoms with E-state index in [9.17, 15) is 9.59 Å². The molecule has 124 valence electrons. The van der Waals surface area contributed by atoms with Crippen molar-refractivity contribution in [2.24, 2.45) is 0 Å². The molecule has 0 bridgehead atoms. The molecule has 24 heavy (non-hydrogen) atoms. The summed E-state index contributed by atoms with van der Waals surface area (Å²) >= 11 is 1.52. The van der Waals surface area contributed by atoms with Gasteiger partial charge in [0.15, 0.2) is 0 Å². The number of anilines is 1. The number of thioether (sulfide) groups is 1. The van der Waals surface area contributed by atoms with Gasteiger partial charge in [-0.1, -0.05) is 30.3 Å². The standard InChI is InChI=1S/C19H20N2O2S/c1-13-18(22)21-16-12-15(9-10-17(16)24-13)19(23)20-11-5-8-14-6-3-2-4-7-14/h2-4,6-7,9-10,12-13H,5,8,11H2,1H3,(H,20,23)(H,21,22)/t13-/m1/s1. The van der Waals surface area contributed by atoms with E-state index in [-0.39, 0.29) is 17.1 Å². The smallest absolute Gasteiger partial charge is 0.251 e. The maximum atomic E-state index is 12.3. The highest BCUT2D eigenvalue weighted by Gasteiger charge is 2.23. The molecule has 0 aromatic heterocycles. The number of carbonyl (C=O) groups is 2. The molecule has 2 N–H and O–H groups in total. The Bertz CT molecular complexity index is 746. The number of nitrogens with one attached hydrogen (secondary N) is 2. The summed E-state index contributed by atoms with van der Waals surface area (Å²) in [7, 11) is 0. The fourth-order valence-electron chi connectivity index (χ4n) is 2.59. The number of benzene rings is 2. The number of aryl methyl sites for hydroxylation is 1. The molecule has 2 aromatic carbocycles. The predicted molar refractivity (Wildman–Crippen MR) is 97.5 cm³/mol. The third-order valence-electron chi connectivity index (χ3n) is 3.94. The van der Waals surface area contributed by atoms with E-state index < -0.39 is 0 Å². The van der Waals surface area contributed by atoms with Crippen LogP contribution in [0, 0.1) is 0 Å². The van der Waals surface area contributed by atoms with Crippen LogP contribution in [0.3, 0.4) is 0 Å². The number of rotatable bonds is 5. The van der Waals surface area contributed by atoms with E-state index in [0.717, 1.165) is 23.4 Å². The number of hydrogen-bond donors (Lipinski definition) is 2. The molecule has 2 amide bonds. The van der Waals surface area contributed by atoms with Crippen molar-refractivity contribution in [2.45, 2.75) is 29.9 Å². The molecular formula is C19H20N2O2S. The highest BCUT2D eigenvalue weighted by molar-refractivity contribution is 8.00. The first-order chi connectivity index (χ1) is 11.6. The first kappa shape index (κ1) is 16.6. The zero-order valence-corrected chi connectivity index (χ0v) is 14.4. The van der Waals surface area contributed by atoms with Crippen LogP contribution in [0.1, 0.15) is 29.3 Å². The molecule has 4 nitrogen and oxygen atoms in total. The highest BCUT2D eigenvalue weighted by Crippen LogP contribution is 2.35. The minimum Gasteiger partial charge on any atom is -0.352 e. The van der Waals surface area contributed by atoms with Gasteiger partial charge in [0.1, 0.15) is 0 Å². The van der Waals surface area contributed by atoms with E-state index >= 15 is 0 Å². The third kappa shape index (κ3) is 3.97. The third-order valence-corrected chi connectivity index (χ3v) is 5.12. The molecule has 1 aliphatic heterocycles. The van der Waals surface area contributed by atoms with E-state index in [0.29, 0.717) is 12.1 Å². The topological polar surface area (TPSA) is 58.2 Å².